The van der Waals surface area contributed by atoms with Crippen LogP contribution in [0.3, 0.4) is 0 Å². The minimum Gasteiger partial charge on any atom is -0.307 e. The van der Waals surface area contributed by atoms with Crippen LogP contribution in [-0.4, -0.2) is 24.1 Å². The maximum absolute atomic E-state index is 4.97. The molecule has 0 aliphatic heterocycles. The Morgan fingerprint density at radius 1 is 0.280 bits per heavy atom. The molecule has 0 atom stereocenters. The Balaban J connectivity index is 1.21. The fraction of sp³-hybridized carbons (Fsp3) is 0. The highest BCUT2D eigenvalue weighted by molar-refractivity contribution is 6.23. The van der Waals surface area contributed by atoms with Gasteiger partial charge in [0.1, 0.15) is 0 Å². The number of fused-ring (bicyclic) bond motifs is 7. The second-order valence-corrected chi connectivity index (χ2v) is 12.5. The van der Waals surface area contributed by atoms with Gasteiger partial charge in [-0.2, -0.15) is 0 Å². The smallest absolute Gasteiger partial charge is 0.164 e. The van der Waals surface area contributed by atoms with Crippen LogP contribution in [-0.2, 0) is 0 Å². The lowest BCUT2D eigenvalue weighted by molar-refractivity contribution is 1.07. The molecule has 3 aromatic heterocycles. The number of rotatable bonds is 5. The van der Waals surface area contributed by atoms with Crippen LogP contribution in [0.5, 0.6) is 0 Å². The van der Waals surface area contributed by atoms with Crippen molar-refractivity contribution in [1.82, 2.24) is 24.1 Å². The maximum Gasteiger partial charge on any atom is 0.164 e. The van der Waals surface area contributed by atoms with Crippen LogP contribution < -0.4 is 0 Å². The van der Waals surface area contributed by atoms with Gasteiger partial charge in [0.2, 0.25) is 0 Å². The van der Waals surface area contributed by atoms with E-state index in [0.717, 1.165) is 33.6 Å². The highest BCUT2D eigenvalue weighted by Gasteiger charge is 2.21. The summed E-state index contributed by atoms with van der Waals surface area (Å²) in [6.07, 6.45) is 0. The molecule has 5 nitrogen and oxygen atoms in total. The SMILES string of the molecule is c1ccc(-c2nc(-c3ccccc3)nc(-c3ccc(-n4c5ccccc5c5ccc6c7ccccc7n(-c7ccccc7)c6c54)cc3)n2)cc1. The predicted octanol–water partition coefficient (Wildman–Crippen LogP) is 11.1. The molecule has 0 fully saturated rings. The van der Waals surface area contributed by atoms with Crippen LogP contribution in [0.4, 0.5) is 0 Å². The molecule has 0 amide bonds. The quantitative estimate of drug-likeness (QED) is 0.188. The molecule has 10 aromatic rings. The van der Waals surface area contributed by atoms with E-state index in [9.17, 15) is 0 Å². The van der Waals surface area contributed by atoms with Crippen molar-refractivity contribution in [3.63, 3.8) is 0 Å². The summed E-state index contributed by atoms with van der Waals surface area (Å²) in [5, 5.41) is 4.90. The number of para-hydroxylation sites is 3. The molecule has 0 unspecified atom stereocenters. The largest absolute Gasteiger partial charge is 0.307 e. The van der Waals surface area contributed by atoms with Crippen LogP contribution in [0.2, 0.25) is 0 Å². The molecular weight excluding hydrogens is 611 g/mol. The first-order valence-electron chi connectivity index (χ1n) is 16.8. The average Bonchev–Trinajstić information content (AvgIpc) is 3.72. The first-order chi connectivity index (χ1) is 24.8. The Bertz CT molecular complexity index is 2780. The summed E-state index contributed by atoms with van der Waals surface area (Å²) in [7, 11) is 0. The zero-order valence-corrected chi connectivity index (χ0v) is 27.0. The molecule has 5 heteroatoms. The third-order valence-corrected chi connectivity index (χ3v) is 9.57. The van der Waals surface area contributed by atoms with E-state index in [1.165, 1.54) is 38.1 Å². The number of aromatic nitrogens is 5. The molecule has 10 rings (SSSR count). The molecule has 0 aliphatic carbocycles. The van der Waals surface area contributed by atoms with E-state index < -0.39 is 0 Å². The lowest BCUT2D eigenvalue weighted by Crippen LogP contribution is -2.01. The summed E-state index contributed by atoms with van der Waals surface area (Å²) in [4.78, 5) is 14.8. The summed E-state index contributed by atoms with van der Waals surface area (Å²) in [5.74, 6) is 1.94. The third kappa shape index (κ3) is 4.45. The van der Waals surface area contributed by atoms with E-state index in [2.05, 4.69) is 124 Å². The first-order valence-corrected chi connectivity index (χ1v) is 16.8. The summed E-state index contributed by atoms with van der Waals surface area (Å²) >= 11 is 0. The van der Waals surface area contributed by atoms with Crippen LogP contribution in [0.1, 0.15) is 0 Å². The zero-order valence-electron chi connectivity index (χ0n) is 27.0. The highest BCUT2D eigenvalue weighted by atomic mass is 15.1. The van der Waals surface area contributed by atoms with Crippen LogP contribution in [0.25, 0.3) is 89.2 Å². The van der Waals surface area contributed by atoms with E-state index >= 15 is 0 Å². The van der Waals surface area contributed by atoms with Crippen molar-refractivity contribution in [3.05, 3.63) is 176 Å². The fourth-order valence-electron chi connectivity index (χ4n) is 7.31. The summed E-state index contributed by atoms with van der Waals surface area (Å²) in [6, 6.07) is 61.5. The third-order valence-electron chi connectivity index (χ3n) is 9.57. The normalized spacial score (nSPS) is 11.6. The van der Waals surface area contributed by atoms with Gasteiger partial charge >= 0.3 is 0 Å². The van der Waals surface area contributed by atoms with Crippen molar-refractivity contribution >= 4 is 43.6 Å². The Morgan fingerprint density at radius 3 is 1.10 bits per heavy atom. The minimum absolute atomic E-state index is 0.637. The number of benzene rings is 7. The summed E-state index contributed by atoms with van der Waals surface area (Å²) in [5.41, 5.74) is 9.74. The highest BCUT2D eigenvalue weighted by Crippen LogP contribution is 2.41. The van der Waals surface area contributed by atoms with E-state index in [1.807, 2.05) is 60.7 Å². The van der Waals surface area contributed by atoms with Crippen molar-refractivity contribution in [3.8, 4) is 45.5 Å². The molecule has 0 radical (unpaired) electrons. The standard InChI is InChI=1S/C45H29N5/c1-4-14-30(15-5-1)43-46-44(31-16-6-2-7-17-31)48-45(47-43)32-24-26-34(27-25-32)50-40-23-13-11-21-36(40)38-29-28-37-35-20-10-12-22-39(35)49(41(37)42(38)50)33-18-8-3-9-19-33/h1-29H. The molecule has 0 spiro atoms. The van der Waals surface area contributed by atoms with Crippen molar-refractivity contribution in [2.45, 2.75) is 0 Å². The second-order valence-electron chi connectivity index (χ2n) is 12.5. The molecule has 234 valence electrons. The Morgan fingerprint density at radius 2 is 0.640 bits per heavy atom. The van der Waals surface area contributed by atoms with Gasteiger partial charge in [-0.15, -0.1) is 0 Å². The molecular formula is C45H29N5. The Kier molecular flexibility index (Phi) is 6.42. The average molecular weight is 640 g/mol. The van der Waals surface area contributed by atoms with E-state index in [0.29, 0.717) is 17.5 Å². The zero-order chi connectivity index (χ0) is 33.0. The predicted molar refractivity (Wildman–Crippen MR) is 205 cm³/mol. The lowest BCUT2D eigenvalue weighted by atomic mass is 10.1. The van der Waals surface area contributed by atoms with Gasteiger partial charge in [0.25, 0.3) is 0 Å². The van der Waals surface area contributed by atoms with Gasteiger partial charge in [-0.3, -0.25) is 0 Å². The Labute approximate surface area is 288 Å². The molecule has 50 heavy (non-hydrogen) atoms. The summed E-state index contributed by atoms with van der Waals surface area (Å²) in [6.45, 7) is 0. The molecule has 0 saturated carbocycles. The van der Waals surface area contributed by atoms with Crippen molar-refractivity contribution in [2.75, 3.05) is 0 Å². The molecule has 0 N–H and O–H groups in total. The molecule has 0 bridgehead atoms. The van der Waals surface area contributed by atoms with Gasteiger partial charge < -0.3 is 9.13 Å². The van der Waals surface area contributed by atoms with Gasteiger partial charge in [0.05, 0.1) is 22.1 Å². The number of hydrogen-bond acceptors (Lipinski definition) is 3. The van der Waals surface area contributed by atoms with Crippen molar-refractivity contribution < 1.29 is 0 Å². The van der Waals surface area contributed by atoms with Crippen LogP contribution >= 0.6 is 0 Å². The lowest BCUT2D eigenvalue weighted by Gasteiger charge is -2.13. The number of nitrogens with zero attached hydrogens (tertiary/aromatic N) is 5. The van der Waals surface area contributed by atoms with Gasteiger partial charge in [0, 0.05) is 49.6 Å². The van der Waals surface area contributed by atoms with Crippen molar-refractivity contribution in [2.24, 2.45) is 0 Å². The van der Waals surface area contributed by atoms with E-state index in [4.69, 9.17) is 15.0 Å². The topological polar surface area (TPSA) is 48.5 Å². The van der Waals surface area contributed by atoms with Gasteiger partial charge in [-0.25, -0.2) is 15.0 Å². The van der Waals surface area contributed by atoms with E-state index in [1.54, 1.807) is 0 Å². The molecule has 3 heterocycles. The van der Waals surface area contributed by atoms with Crippen LogP contribution in [0.15, 0.2) is 176 Å². The fourth-order valence-corrected chi connectivity index (χ4v) is 7.31. The van der Waals surface area contributed by atoms with Gasteiger partial charge in [-0.1, -0.05) is 127 Å². The minimum atomic E-state index is 0.637. The Hall–Kier alpha value is -6.85. The number of hydrogen-bond donors (Lipinski definition) is 0. The van der Waals surface area contributed by atoms with Crippen molar-refractivity contribution in [1.29, 1.82) is 0 Å². The monoisotopic (exact) mass is 639 g/mol. The molecule has 0 aliphatic rings. The van der Waals surface area contributed by atoms with E-state index in [-0.39, 0.29) is 0 Å². The van der Waals surface area contributed by atoms with Crippen LogP contribution in [0, 0.1) is 0 Å². The first kappa shape index (κ1) is 28.2. The second kappa shape index (κ2) is 11.4. The summed E-state index contributed by atoms with van der Waals surface area (Å²) < 4.78 is 4.82. The van der Waals surface area contributed by atoms with Gasteiger partial charge in [-0.05, 0) is 48.5 Å². The maximum atomic E-state index is 4.97. The molecule has 0 saturated heterocycles. The van der Waals surface area contributed by atoms with Gasteiger partial charge in [0.15, 0.2) is 17.5 Å². The molecule has 7 aromatic carbocycles.